The van der Waals surface area contributed by atoms with Crippen LogP contribution in [0.15, 0.2) is 18.2 Å². The second kappa shape index (κ2) is 6.54. The summed E-state index contributed by atoms with van der Waals surface area (Å²) in [5.74, 6) is 0.754. The Morgan fingerprint density at radius 2 is 2.42 bits per heavy atom. The van der Waals surface area contributed by atoms with Crippen molar-refractivity contribution in [2.24, 2.45) is 0 Å². The highest BCUT2D eigenvalue weighted by molar-refractivity contribution is 5.95. The topological polar surface area (TPSA) is 59.6 Å². The molecule has 1 heterocycles. The number of nitrogens with one attached hydrogen (secondary N) is 2. The number of anilines is 1. The molecule has 2 N–H and O–H groups in total. The van der Waals surface area contributed by atoms with Gasteiger partial charge in [-0.05, 0) is 37.6 Å². The van der Waals surface area contributed by atoms with E-state index in [1.165, 1.54) is 0 Å². The Kier molecular flexibility index (Phi) is 4.76. The van der Waals surface area contributed by atoms with Crippen LogP contribution in [-0.4, -0.2) is 38.3 Å². The van der Waals surface area contributed by atoms with Gasteiger partial charge in [0.15, 0.2) is 0 Å². The van der Waals surface area contributed by atoms with Crippen molar-refractivity contribution in [1.82, 2.24) is 5.32 Å². The lowest BCUT2D eigenvalue weighted by Gasteiger charge is -2.23. The fourth-order valence-electron chi connectivity index (χ4n) is 1.99. The van der Waals surface area contributed by atoms with Crippen molar-refractivity contribution < 1.29 is 14.3 Å². The Balaban J connectivity index is 2.00. The number of aryl methyl sites for hydroxylation is 1. The minimum absolute atomic E-state index is 0.0630. The molecule has 5 nitrogen and oxygen atoms in total. The van der Waals surface area contributed by atoms with E-state index in [2.05, 4.69) is 10.6 Å². The molecule has 0 spiro atoms. The number of carbonyl (C=O) groups excluding carboxylic acids is 1. The molecule has 0 bridgehead atoms. The molecule has 1 aromatic rings. The first-order valence-corrected chi connectivity index (χ1v) is 6.56. The molecule has 1 amide bonds. The van der Waals surface area contributed by atoms with Crippen molar-refractivity contribution in [3.8, 4) is 5.75 Å². The van der Waals surface area contributed by atoms with Gasteiger partial charge in [0.2, 0.25) is 5.91 Å². The lowest BCUT2D eigenvalue weighted by atomic mass is 10.1. The number of hydrogen-bond donors (Lipinski definition) is 2. The molecule has 104 valence electrons. The normalized spacial score (nSPS) is 18.9. The maximum Gasteiger partial charge on any atom is 0.243 e. The first-order valence-electron chi connectivity index (χ1n) is 6.56. The van der Waals surface area contributed by atoms with Crippen molar-refractivity contribution in [1.29, 1.82) is 0 Å². The standard InChI is InChI=1S/C14H20N2O3/c1-3-19-11-4-5-12(10(2)8-11)16-14(17)13-9-18-7-6-15-13/h4-5,8,13,15H,3,6-7,9H2,1-2H3,(H,16,17). The highest BCUT2D eigenvalue weighted by atomic mass is 16.5. The second-order valence-electron chi connectivity index (χ2n) is 4.48. The average Bonchev–Trinajstić information content (AvgIpc) is 2.43. The summed E-state index contributed by atoms with van der Waals surface area (Å²) in [5.41, 5.74) is 1.79. The summed E-state index contributed by atoms with van der Waals surface area (Å²) in [4.78, 5) is 12.0. The van der Waals surface area contributed by atoms with Gasteiger partial charge in [0.05, 0.1) is 19.8 Å². The molecular formula is C14H20N2O3. The van der Waals surface area contributed by atoms with Crippen LogP contribution in [0.2, 0.25) is 0 Å². The van der Waals surface area contributed by atoms with Gasteiger partial charge in [0.1, 0.15) is 11.8 Å². The van der Waals surface area contributed by atoms with Gasteiger partial charge >= 0.3 is 0 Å². The summed E-state index contributed by atoms with van der Waals surface area (Å²) in [6.45, 7) is 6.31. The zero-order chi connectivity index (χ0) is 13.7. The number of hydrogen-bond acceptors (Lipinski definition) is 4. The molecule has 1 aromatic carbocycles. The average molecular weight is 264 g/mol. The highest BCUT2D eigenvalue weighted by Gasteiger charge is 2.21. The third kappa shape index (κ3) is 3.68. The maximum atomic E-state index is 12.0. The van der Waals surface area contributed by atoms with Crippen LogP contribution in [0.25, 0.3) is 0 Å². The maximum absolute atomic E-state index is 12.0. The summed E-state index contributed by atoms with van der Waals surface area (Å²) in [6.07, 6.45) is 0. The van der Waals surface area contributed by atoms with Crippen LogP contribution in [0.4, 0.5) is 5.69 Å². The van der Waals surface area contributed by atoms with E-state index in [1.807, 2.05) is 32.0 Å². The smallest absolute Gasteiger partial charge is 0.243 e. The van der Waals surface area contributed by atoms with E-state index in [-0.39, 0.29) is 11.9 Å². The molecule has 1 aliphatic heterocycles. The molecular weight excluding hydrogens is 244 g/mol. The van der Waals surface area contributed by atoms with Crippen LogP contribution >= 0.6 is 0 Å². The highest BCUT2D eigenvalue weighted by Crippen LogP contribution is 2.21. The SMILES string of the molecule is CCOc1ccc(NC(=O)C2COCCN2)c(C)c1. The number of amides is 1. The predicted octanol–water partition coefficient (Wildman–Crippen LogP) is 1.32. The summed E-state index contributed by atoms with van der Waals surface area (Å²) >= 11 is 0. The Morgan fingerprint density at radius 1 is 1.58 bits per heavy atom. The minimum Gasteiger partial charge on any atom is -0.494 e. The van der Waals surface area contributed by atoms with Crippen molar-refractivity contribution in [3.63, 3.8) is 0 Å². The van der Waals surface area contributed by atoms with Crippen LogP contribution in [0.5, 0.6) is 5.75 Å². The minimum atomic E-state index is -0.278. The van der Waals surface area contributed by atoms with E-state index < -0.39 is 0 Å². The van der Waals surface area contributed by atoms with Crippen LogP contribution in [0.1, 0.15) is 12.5 Å². The van der Waals surface area contributed by atoms with Crippen molar-refractivity contribution in [2.75, 3.05) is 31.7 Å². The van der Waals surface area contributed by atoms with Crippen LogP contribution in [0, 0.1) is 6.92 Å². The number of benzene rings is 1. The molecule has 1 atom stereocenters. The van der Waals surface area contributed by atoms with Gasteiger partial charge in [-0.2, -0.15) is 0 Å². The quantitative estimate of drug-likeness (QED) is 0.861. The summed E-state index contributed by atoms with van der Waals surface area (Å²) < 4.78 is 10.7. The summed E-state index contributed by atoms with van der Waals surface area (Å²) in [6, 6.07) is 5.36. The van der Waals surface area contributed by atoms with Gasteiger partial charge in [-0.3, -0.25) is 4.79 Å². The van der Waals surface area contributed by atoms with Crippen molar-refractivity contribution >= 4 is 11.6 Å². The monoisotopic (exact) mass is 264 g/mol. The van der Waals surface area contributed by atoms with Crippen LogP contribution < -0.4 is 15.4 Å². The molecule has 0 radical (unpaired) electrons. The van der Waals surface area contributed by atoms with E-state index >= 15 is 0 Å². The Labute approximate surface area is 113 Å². The van der Waals surface area contributed by atoms with E-state index in [0.29, 0.717) is 26.4 Å². The van der Waals surface area contributed by atoms with E-state index in [9.17, 15) is 4.79 Å². The molecule has 1 saturated heterocycles. The molecule has 5 heteroatoms. The molecule has 19 heavy (non-hydrogen) atoms. The van der Waals surface area contributed by atoms with Crippen LogP contribution in [0.3, 0.4) is 0 Å². The van der Waals surface area contributed by atoms with Gasteiger partial charge in [-0.25, -0.2) is 0 Å². The zero-order valence-corrected chi connectivity index (χ0v) is 11.4. The zero-order valence-electron chi connectivity index (χ0n) is 11.4. The van der Waals surface area contributed by atoms with E-state index in [0.717, 1.165) is 17.0 Å². The molecule has 1 fully saturated rings. The summed E-state index contributed by atoms with van der Waals surface area (Å²) in [7, 11) is 0. The third-order valence-corrected chi connectivity index (χ3v) is 3.00. The van der Waals surface area contributed by atoms with Gasteiger partial charge in [-0.15, -0.1) is 0 Å². The number of rotatable bonds is 4. The molecule has 1 aliphatic rings. The van der Waals surface area contributed by atoms with Gasteiger partial charge in [0, 0.05) is 12.2 Å². The first kappa shape index (κ1) is 13.8. The van der Waals surface area contributed by atoms with E-state index in [4.69, 9.17) is 9.47 Å². The fourth-order valence-corrected chi connectivity index (χ4v) is 1.99. The Bertz CT molecular complexity index is 442. The van der Waals surface area contributed by atoms with Gasteiger partial charge < -0.3 is 20.1 Å². The summed E-state index contributed by atoms with van der Waals surface area (Å²) in [5, 5.41) is 6.04. The third-order valence-electron chi connectivity index (χ3n) is 3.00. The largest absolute Gasteiger partial charge is 0.494 e. The van der Waals surface area contributed by atoms with E-state index in [1.54, 1.807) is 0 Å². The first-order chi connectivity index (χ1) is 9.20. The Morgan fingerprint density at radius 3 is 3.05 bits per heavy atom. The van der Waals surface area contributed by atoms with Crippen molar-refractivity contribution in [2.45, 2.75) is 19.9 Å². The number of morpholine rings is 1. The van der Waals surface area contributed by atoms with Gasteiger partial charge in [-0.1, -0.05) is 0 Å². The lowest BCUT2D eigenvalue weighted by molar-refractivity contribution is -0.120. The van der Waals surface area contributed by atoms with Gasteiger partial charge in [0.25, 0.3) is 0 Å². The molecule has 0 aromatic heterocycles. The molecule has 0 saturated carbocycles. The Hall–Kier alpha value is -1.59. The molecule has 0 aliphatic carbocycles. The van der Waals surface area contributed by atoms with Crippen LogP contribution in [-0.2, 0) is 9.53 Å². The fraction of sp³-hybridized carbons (Fsp3) is 0.500. The second-order valence-corrected chi connectivity index (χ2v) is 4.48. The van der Waals surface area contributed by atoms with Crippen molar-refractivity contribution in [3.05, 3.63) is 23.8 Å². The number of carbonyl (C=O) groups is 1. The molecule has 1 unspecified atom stereocenters. The lowest BCUT2D eigenvalue weighted by Crippen LogP contribution is -2.48. The predicted molar refractivity (Wildman–Crippen MR) is 73.6 cm³/mol. The molecule has 2 rings (SSSR count). The number of ether oxygens (including phenoxy) is 2.